The topological polar surface area (TPSA) is 76.6 Å². The molecule has 0 radical (unpaired) electrons. The molecule has 22 heavy (non-hydrogen) atoms. The van der Waals surface area contributed by atoms with E-state index in [-0.39, 0.29) is 11.4 Å². The molecule has 0 aromatic carbocycles. The van der Waals surface area contributed by atoms with Gasteiger partial charge in [-0.3, -0.25) is 5.32 Å². The van der Waals surface area contributed by atoms with E-state index in [1.165, 1.54) is 6.33 Å². The number of nitrogens with zero attached hydrogens (tertiary/aromatic N) is 3. The molecule has 2 saturated heterocycles. The molecule has 0 aliphatic carbocycles. The van der Waals surface area contributed by atoms with E-state index in [1.807, 2.05) is 4.90 Å². The molecule has 7 nitrogen and oxygen atoms in total. The Morgan fingerprint density at radius 3 is 3.18 bits per heavy atom. The van der Waals surface area contributed by atoms with Crippen molar-refractivity contribution in [1.82, 2.24) is 14.9 Å². The zero-order chi connectivity index (χ0) is 15.4. The summed E-state index contributed by atoms with van der Waals surface area (Å²) in [5, 5.41) is 2.84. The van der Waals surface area contributed by atoms with Gasteiger partial charge in [-0.15, -0.1) is 0 Å². The summed E-state index contributed by atoms with van der Waals surface area (Å²) in [4.78, 5) is 22.4. The van der Waals surface area contributed by atoms with Gasteiger partial charge in [0.2, 0.25) is 0 Å². The second kappa shape index (κ2) is 6.58. The first-order chi connectivity index (χ1) is 10.7. The highest BCUT2D eigenvalue weighted by atomic mass is 16.5. The van der Waals surface area contributed by atoms with Crippen molar-refractivity contribution in [2.75, 3.05) is 38.7 Å². The first kappa shape index (κ1) is 15.2. The average Bonchev–Trinajstić information content (AvgIpc) is 2.92. The van der Waals surface area contributed by atoms with Gasteiger partial charge in [-0.25, -0.2) is 14.8 Å². The van der Waals surface area contributed by atoms with E-state index >= 15 is 0 Å². The molecule has 7 heteroatoms. The summed E-state index contributed by atoms with van der Waals surface area (Å²) >= 11 is 0. The Labute approximate surface area is 130 Å². The second-order valence-electron chi connectivity index (χ2n) is 6.09. The van der Waals surface area contributed by atoms with E-state index in [1.54, 1.807) is 13.2 Å². The number of ether oxygens (including phenoxy) is 2. The van der Waals surface area contributed by atoms with Gasteiger partial charge in [0.25, 0.3) is 0 Å². The molecular weight excluding hydrogens is 284 g/mol. The van der Waals surface area contributed by atoms with Crippen molar-refractivity contribution in [3.8, 4) is 0 Å². The second-order valence-corrected chi connectivity index (χ2v) is 6.09. The molecule has 3 rings (SSSR count). The van der Waals surface area contributed by atoms with Crippen LogP contribution in [0.2, 0.25) is 0 Å². The van der Waals surface area contributed by atoms with E-state index in [0.29, 0.717) is 12.4 Å². The summed E-state index contributed by atoms with van der Waals surface area (Å²) < 4.78 is 10.6. The molecule has 2 aliphatic rings. The van der Waals surface area contributed by atoms with E-state index in [4.69, 9.17) is 9.47 Å². The van der Waals surface area contributed by atoms with Crippen molar-refractivity contribution in [1.29, 1.82) is 0 Å². The number of hydrogen-bond acceptors (Lipinski definition) is 5. The molecule has 2 fully saturated rings. The van der Waals surface area contributed by atoms with E-state index in [2.05, 4.69) is 15.3 Å². The van der Waals surface area contributed by atoms with Crippen LogP contribution in [0.15, 0.2) is 12.4 Å². The molecule has 1 spiro atoms. The number of nitrogens with one attached hydrogen (secondary N) is 1. The van der Waals surface area contributed by atoms with Gasteiger partial charge in [-0.2, -0.15) is 0 Å². The van der Waals surface area contributed by atoms with Crippen LogP contribution in [0.3, 0.4) is 0 Å². The number of urea groups is 1. The Kier molecular flexibility index (Phi) is 4.54. The van der Waals surface area contributed by atoms with Crippen LogP contribution in [-0.2, 0) is 16.1 Å². The minimum absolute atomic E-state index is 0.107. The fourth-order valence-corrected chi connectivity index (χ4v) is 3.22. The van der Waals surface area contributed by atoms with Crippen molar-refractivity contribution in [2.45, 2.75) is 25.9 Å². The van der Waals surface area contributed by atoms with Gasteiger partial charge < -0.3 is 14.4 Å². The van der Waals surface area contributed by atoms with Crippen molar-refractivity contribution in [3.63, 3.8) is 0 Å². The van der Waals surface area contributed by atoms with Gasteiger partial charge in [0.1, 0.15) is 12.1 Å². The summed E-state index contributed by atoms with van der Waals surface area (Å²) in [6.45, 7) is 3.54. The third kappa shape index (κ3) is 3.36. The number of rotatable bonds is 3. The first-order valence-corrected chi connectivity index (χ1v) is 7.64. The fraction of sp³-hybridized carbons (Fsp3) is 0.667. The zero-order valence-corrected chi connectivity index (χ0v) is 12.9. The molecule has 0 saturated carbocycles. The monoisotopic (exact) mass is 306 g/mol. The van der Waals surface area contributed by atoms with Crippen LogP contribution >= 0.6 is 0 Å². The minimum atomic E-state index is -0.107. The van der Waals surface area contributed by atoms with Crippen LogP contribution in [0.1, 0.15) is 25.0 Å². The number of anilines is 1. The third-order valence-corrected chi connectivity index (χ3v) is 4.38. The van der Waals surface area contributed by atoms with Gasteiger partial charge in [-0.05, 0) is 19.3 Å². The first-order valence-electron chi connectivity index (χ1n) is 7.64. The van der Waals surface area contributed by atoms with Gasteiger partial charge >= 0.3 is 6.03 Å². The summed E-state index contributed by atoms with van der Waals surface area (Å²) in [7, 11) is 1.61. The van der Waals surface area contributed by atoms with Gasteiger partial charge in [0.15, 0.2) is 0 Å². The van der Waals surface area contributed by atoms with Gasteiger partial charge in [-0.1, -0.05) is 0 Å². The lowest BCUT2D eigenvalue weighted by atomic mass is 9.82. The van der Waals surface area contributed by atoms with Crippen molar-refractivity contribution < 1.29 is 14.3 Å². The van der Waals surface area contributed by atoms with Gasteiger partial charge in [0, 0.05) is 38.3 Å². The van der Waals surface area contributed by atoms with Crippen molar-refractivity contribution in [3.05, 3.63) is 18.1 Å². The zero-order valence-electron chi connectivity index (χ0n) is 12.9. The van der Waals surface area contributed by atoms with Crippen LogP contribution < -0.4 is 5.32 Å². The molecule has 1 N–H and O–H groups in total. The minimum Gasteiger partial charge on any atom is -0.381 e. The molecule has 2 aliphatic heterocycles. The summed E-state index contributed by atoms with van der Waals surface area (Å²) in [5.41, 5.74) is 0.897. The highest BCUT2D eigenvalue weighted by Gasteiger charge is 2.41. The number of carbonyl (C=O) groups excluding carboxylic acids is 1. The molecule has 3 heterocycles. The average molecular weight is 306 g/mol. The SMILES string of the molecule is COCc1cc(NC(=O)N2CCC3(CCCOC3)C2)ncn1. The van der Waals surface area contributed by atoms with Gasteiger partial charge in [0.05, 0.1) is 18.9 Å². The molecule has 120 valence electrons. The number of methoxy groups -OCH3 is 1. The van der Waals surface area contributed by atoms with Crippen LogP contribution in [0.25, 0.3) is 0 Å². The largest absolute Gasteiger partial charge is 0.381 e. The summed E-state index contributed by atoms with van der Waals surface area (Å²) in [6, 6.07) is 1.63. The molecule has 1 unspecified atom stereocenters. The lowest BCUT2D eigenvalue weighted by Gasteiger charge is -2.32. The quantitative estimate of drug-likeness (QED) is 0.919. The number of amides is 2. The maximum atomic E-state index is 12.4. The molecule has 1 atom stereocenters. The maximum absolute atomic E-state index is 12.4. The van der Waals surface area contributed by atoms with E-state index in [9.17, 15) is 4.79 Å². The Hall–Kier alpha value is -1.73. The third-order valence-electron chi connectivity index (χ3n) is 4.38. The van der Waals surface area contributed by atoms with E-state index in [0.717, 1.165) is 51.3 Å². The Balaban J connectivity index is 1.59. The highest BCUT2D eigenvalue weighted by molar-refractivity contribution is 5.88. The number of likely N-dealkylation sites (tertiary alicyclic amines) is 1. The summed E-state index contributed by atoms with van der Waals surface area (Å²) in [6.07, 6.45) is 4.67. The number of hydrogen-bond donors (Lipinski definition) is 1. The summed E-state index contributed by atoms with van der Waals surface area (Å²) in [5.74, 6) is 0.507. The predicted molar refractivity (Wildman–Crippen MR) is 80.4 cm³/mol. The normalized spacial score (nSPS) is 24.7. The van der Waals surface area contributed by atoms with E-state index < -0.39 is 0 Å². The lowest BCUT2D eigenvalue weighted by molar-refractivity contribution is -0.000214. The van der Waals surface area contributed by atoms with Crippen molar-refractivity contribution in [2.24, 2.45) is 5.41 Å². The predicted octanol–water partition coefficient (Wildman–Crippen LogP) is 1.66. The molecule has 2 amide bonds. The molecule has 1 aromatic heterocycles. The smallest absolute Gasteiger partial charge is 0.323 e. The Morgan fingerprint density at radius 2 is 2.41 bits per heavy atom. The van der Waals surface area contributed by atoms with Crippen molar-refractivity contribution >= 4 is 11.8 Å². The van der Waals surface area contributed by atoms with Crippen LogP contribution in [-0.4, -0.2) is 54.3 Å². The standard InChI is InChI=1S/C15H22N4O3/c1-21-8-12-7-13(17-11-16-12)18-14(20)19-5-4-15(9-19)3-2-6-22-10-15/h7,11H,2-6,8-10H2,1H3,(H,16,17,18,20). The highest BCUT2D eigenvalue weighted by Crippen LogP contribution is 2.38. The number of carbonyl (C=O) groups is 1. The Bertz CT molecular complexity index is 531. The number of aromatic nitrogens is 2. The van der Waals surface area contributed by atoms with Crippen LogP contribution in [0.4, 0.5) is 10.6 Å². The maximum Gasteiger partial charge on any atom is 0.323 e. The lowest BCUT2D eigenvalue weighted by Crippen LogP contribution is -2.38. The molecule has 1 aromatic rings. The van der Waals surface area contributed by atoms with Crippen LogP contribution in [0, 0.1) is 5.41 Å². The fourth-order valence-electron chi connectivity index (χ4n) is 3.22. The van der Waals surface area contributed by atoms with Crippen LogP contribution in [0.5, 0.6) is 0 Å². The molecular formula is C15H22N4O3. The Morgan fingerprint density at radius 1 is 1.50 bits per heavy atom. The molecule has 0 bridgehead atoms.